The van der Waals surface area contributed by atoms with Gasteiger partial charge in [-0.25, -0.2) is 12.8 Å². The summed E-state index contributed by atoms with van der Waals surface area (Å²) in [5.74, 6) is -1.48. The van der Waals surface area contributed by atoms with Crippen molar-refractivity contribution in [1.29, 1.82) is 0 Å². The number of likely N-dealkylation sites (N-methyl/N-ethyl adjacent to an activating group) is 1. The van der Waals surface area contributed by atoms with Crippen LogP contribution in [-0.2, 0) is 32.6 Å². The first-order chi connectivity index (χ1) is 18.0. The van der Waals surface area contributed by atoms with E-state index < -0.39 is 40.2 Å². The zero-order valence-electron chi connectivity index (χ0n) is 20.9. The van der Waals surface area contributed by atoms with Crippen LogP contribution in [0.3, 0.4) is 0 Å². The summed E-state index contributed by atoms with van der Waals surface area (Å²) < 4.78 is 40.0. The van der Waals surface area contributed by atoms with Crippen LogP contribution in [0.25, 0.3) is 0 Å². The van der Waals surface area contributed by atoms with Gasteiger partial charge in [0.15, 0.2) is 0 Å². The monoisotopic (exact) mass is 579 g/mol. The summed E-state index contributed by atoms with van der Waals surface area (Å²) in [6, 6.07) is 17.9. The maximum Gasteiger partial charge on any atom is 0.244 e. The fraction of sp³-hybridized carbons (Fsp3) is 0.259. The summed E-state index contributed by atoms with van der Waals surface area (Å²) in [6.07, 6.45) is 1.14. The third-order valence-corrected chi connectivity index (χ3v) is 7.28. The number of amides is 2. The van der Waals surface area contributed by atoms with Crippen LogP contribution in [0.5, 0.6) is 0 Å². The van der Waals surface area contributed by atoms with Gasteiger partial charge in [0.2, 0.25) is 21.8 Å². The normalized spacial score (nSPS) is 12.0. The number of carbonyl (C=O) groups is 2. The fourth-order valence-electron chi connectivity index (χ4n) is 3.93. The summed E-state index contributed by atoms with van der Waals surface area (Å²) in [4.78, 5) is 28.4. The van der Waals surface area contributed by atoms with Crippen LogP contribution < -0.4 is 9.62 Å². The summed E-state index contributed by atoms with van der Waals surface area (Å²) >= 11 is 12.2. The van der Waals surface area contributed by atoms with Gasteiger partial charge in [-0.1, -0.05) is 65.7 Å². The van der Waals surface area contributed by atoms with E-state index in [-0.39, 0.29) is 28.7 Å². The Labute approximate surface area is 232 Å². The van der Waals surface area contributed by atoms with Crippen molar-refractivity contribution in [2.24, 2.45) is 0 Å². The van der Waals surface area contributed by atoms with E-state index in [0.717, 1.165) is 16.1 Å². The van der Waals surface area contributed by atoms with E-state index in [1.807, 2.05) is 30.3 Å². The van der Waals surface area contributed by atoms with Crippen molar-refractivity contribution in [3.05, 3.63) is 99.8 Å². The quantitative estimate of drug-likeness (QED) is 0.357. The molecule has 3 aromatic carbocycles. The minimum Gasteiger partial charge on any atom is -0.355 e. The Hall–Kier alpha value is -3.14. The average Bonchev–Trinajstić information content (AvgIpc) is 2.85. The number of carbonyl (C=O) groups excluding carboxylic acids is 2. The lowest BCUT2D eigenvalue weighted by Gasteiger charge is -2.33. The second-order valence-electron chi connectivity index (χ2n) is 8.65. The van der Waals surface area contributed by atoms with E-state index in [0.29, 0.717) is 12.1 Å². The van der Waals surface area contributed by atoms with Crippen molar-refractivity contribution in [1.82, 2.24) is 10.2 Å². The van der Waals surface area contributed by atoms with Gasteiger partial charge in [-0.3, -0.25) is 13.9 Å². The molecule has 0 fully saturated rings. The molecule has 0 aliphatic heterocycles. The van der Waals surface area contributed by atoms with Gasteiger partial charge in [-0.15, -0.1) is 0 Å². The van der Waals surface area contributed by atoms with Crippen LogP contribution in [0.1, 0.15) is 18.1 Å². The van der Waals surface area contributed by atoms with Crippen molar-refractivity contribution in [3.8, 4) is 0 Å². The van der Waals surface area contributed by atoms with Gasteiger partial charge in [-0.05, 0) is 48.4 Å². The molecule has 1 atom stereocenters. The van der Waals surface area contributed by atoms with Gasteiger partial charge in [0.25, 0.3) is 0 Å². The third kappa shape index (κ3) is 8.18. The number of halogens is 3. The van der Waals surface area contributed by atoms with Gasteiger partial charge in [0.1, 0.15) is 18.4 Å². The largest absolute Gasteiger partial charge is 0.355 e. The average molecular weight is 581 g/mol. The molecule has 0 heterocycles. The Morgan fingerprint density at radius 1 is 0.947 bits per heavy atom. The lowest BCUT2D eigenvalue weighted by atomic mass is 10.0. The zero-order valence-corrected chi connectivity index (χ0v) is 23.2. The molecule has 0 radical (unpaired) electrons. The number of rotatable bonds is 11. The molecule has 0 aliphatic carbocycles. The number of benzene rings is 3. The van der Waals surface area contributed by atoms with Gasteiger partial charge in [0.05, 0.1) is 11.9 Å². The molecule has 1 unspecified atom stereocenters. The number of hydrogen-bond acceptors (Lipinski definition) is 4. The van der Waals surface area contributed by atoms with Crippen molar-refractivity contribution >= 4 is 50.7 Å². The SMILES string of the molecule is CCNC(=O)C(Cc1ccccc1)N(Cc1ccc(F)cc1)C(=O)CN(c1cc(Cl)cc(Cl)c1)S(C)(=O)=O. The molecule has 0 saturated heterocycles. The number of hydrogen-bond donors (Lipinski definition) is 1. The van der Waals surface area contributed by atoms with Gasteiger partial charge >= 0.3 is 0 Å². The molecule has 0 aliphatic rings. The Morgan fingerprint density at radius 3 is 2.11 bits per heavy atom. The summed E-state index contributed by atoms with van der Waals surface area (Å²) in [7, 11) is -3.96. The van der Waals surface area contributed by atoms with Crippen LogP contribution in [-0.4, -0.2) is 50.5 Å². The van der Waals surface area contributed by atoms with Crippen molar-refractivity contribution < 1.29 is 22.4 Å². The molecule has 0 aromatic heterocycles. The van der Waals surface area contributed by atoms with Crippen LogP contribution in [0.4, 0.5) is 10.1 Å². The van der Waals surface area contributed by atoms with Crippen molar-refractivity contribution in [2.75, 3.05) is 23.7 Å². The lowest BCUT2D eigenvalue weighted by molar-refractivity contribution is -0.140. The second-order valence-corrected chi connectivity index (χ2v) is 11.4. The van der Waals surface area contributed by atoms with E-state index in [1.165, 1.54) is 47.4 Å². The molecule has 1 N–H and O–H groups in total. The summed E-state index contributed by atoms with van der Waals surface area (Å²) in [6.45, 7) is 1.43. The van der Waals surface area contributed by atoms with E-state index in [1.54, 1.807) is 6.92 Å². The lowest BCUT2D eigenvalue weighted by Crippen LogP contribution is -2.53. The Balaban J connectivity index is 2.05. The van der Waals surface area contributed by atoms with Crippen molar-refractivity contribution in [2.45, 2.75) is 25.9 Å². The molecule has 2 amide bonds. The molecule has 0 spiro atoms. The highest BCUT2D eigenvalue weighted by Crippen LogP contribution is 2.27. The standard InChI is InChI=1S/C27H28Cl2FN3O4S/c1-3-31-27(35)25(13-19-7-5-4-6-8-19)32(17-20-9-11-23(30)12-10-20)26(34)18-33(38(2,36)37)24-15-21(28)14-22(29)16-24/h4-12,14-16,25H,3,13,17-18H2,1-2H3,(H,31,35). The summed E-state index contributed by atoms with van der Waals surface area (Å²) in [5.41, 5.74) is 1.48. The Morgan fingerprint density at radius 2 is 1.55 bits per heavy atom. The van der Waals surface area contributed by atoms with E-state index in [2.05, 4.69) is 5.32 Å². The minimum absolute atomic E-state index is 0.0539. The molecule has 11 heteroatoms. The Kier molecular flexibility index (Phi) is 10.1. The van der Waals surface area contributed by atoms with E-state index >= 15 is 0 Å². The molecule has 202 valence electrons. The van der Waals surface area contributed by atoms with Crippen molar-refractivity contribution in [3.63, 3.8) is 0 Å². The van der Waals surface area contributed by atoms with Crippen LogP contribution >= 0.6 is 23.2 Å². The third-order valence-electron chi connectivity index (χ3n) is 5.70. The van der Waals surface area contributed by atoms with Gasteiger partial charge in [0, 0.05) is 29.6 Å². The highest BCUT2D eigenvalue weighted by Gasteiger charge is 2.33. The predicted octanol–water partition coefficient (Wildman–Crippen LogP) is 4.67. The first-order valence-corrected chi connectivity index (χ1v) is 14.4. The topological polar surface area (TPSA) is 86.8 Å². The highest BCUT2D eigenvalue weighted by atomic mass is 35.5. The number of anilines is 1. The molecule has 3 rings (SSSR count). The van der Waals surface area contributed by atoms with Crippen LogP contribution in [0.2, 0.25) is 10.0 Å². The molecular formula is C27H28Cl2FN3O4S. The van der Waals surface area contributed by atoms with E-state index in [9.17, 15) is 22.4 Å². The van der Waals surface area contributed by atoms with Crippen LogP contribution in [0.15, 0.2) is 72.8 Å². The van der Waals surface area contributed by atoms with Crippen LogP contribution in [0, 0.1) is 5.82 Å². The fourth-order valence-corrected chi connectivity index (χ4v) is 5.28. The first-order valence-electron chi connectivity index (χ1n) is 11.8. The molecular weight excluding hydrogens is 552 g/mol. The number of nitrogens with one attached hydrogen (secondary N) is 1. The summed E-state index contributed by atoms with van der Waals surface area (Å²) in [5, 5.41) is 3.16. The minimum atomic E-state index is -3.96. The highest BCUT2D eigenvalue weighted by molar-refractivity contribution is 7.92. The zero-order chi connectivity index (χ0) is 27.9. The smallest absolute Gasteiger partial charge is 0.244 e. The molecule has 38 heavy (non-hydrogen) atoms. The number of nitrogens with zero attached hydrogens (tertiary/aromatic N) is 2. The maximum atomic E-state index is 13.9. The Bertz CT molecular complexity index is 1350. The van der Waals surface area contributed by atoms with E-state index in [4.69, 9.17) is 23.2 Å². The predicted molar refractivity (Wildman–Crippen MR) is 148 cm³/mol. The molecule has 0 saturated carbocycles. The first kappa shape index (κ1) is 29.4. The van der Waals surface area contributed by atoms with Gasteiger partial charge < -0.3 is 10.2 Å². The van der Waals surface area contributed by atoms with Gasteiger partial charge in [-0.2, -0.15) is 0 Å². The molecule has 3 aromatic rings. The molecule has 0 bridgehead atoms. The maximum absolute atomic E-state index is 13.9. The second kappa shape index (κ2) is 13.1. The molecule has 7 nitrogen and oxygen atoms in total. The number of sulfonamides is 1.